The maximum atomic E-state index is 12.9. The molecular weight excluding hydrogens is 658 g/mol. The van der Waals surface area contributed by atoms with Crippen LogP contribution in [0.1, 0.15) is 75.3 Å². The van der Waals surface area contributed by atoms with E-state index in [9.17, 15) is 13.6 Å². The molecule has 5 rings (SSSR count). The van der Waals surface area contributed by atoms with E-state index in [0.717, 1.165) is 27.8 Å². The second-order valence-corrected chi connectivity index (χ2v) is 13.2. The van der Waals surface area contributed by atoms with Gasteiger partial charge in [-0.05, 0) is 109 Å². The topological polar surface area (TPSA) is 115 Å². The molecule has 0 atom stereocenters. The number of benzene rings is 4. The second kappa shape index (κ2) is 17.6. The van der Waals surface area contributed by atoms with Gasteiger partial charge in [-0.2, -0.15) is 4.98 Å². The Balaban J connectivity index is 0.000000232. The molecule has 10 heteroatoms. The first kappa shape index (κ1) is 38.7. The first-order valence-corrected chi connectivity index (χ1v) is 15.7. The molecule has 0 unspecified atom stereocenters. The van der Waals surface area contributed by atoms with Crippen molar-refractivity contribution < 1.29 is 23.3 Å². The lowest BCUT2D eigenvalue weighted by Gasteiger charge is -2.10. The third-order valence-electron chi connectivity index (χ3n) is 6.48. The highest BCUT2D eigenvalue weighted by Crippen LogP contribution is 2.24. The Morgan fingerprint density at radius 3 is 1.40 bits per heavy atom. The fraction of sp³-hybridized carbons (Fsp3) is 0.200. The summed E-state index contributed by atoms with van der Waals surface area (Å²) in [5.41, 5.74) is 9.56. The van der Waals surface area contributed by atoms with Crippen LogP contribution in [0, 0.1) is 40.7 Å². The Labute approximate surface area is 296 Å². The molecule has 0 aliphatic rings. The van der Waals surface area contributed by atoms with Crippen molar-refractivity contribution >= 4 is 22.7 Å². The zero-order valence-corrected chi connectivity index (χ0v) is 29.3. The molecule has 0 aliphatic carbocycles. The molecule has 0 amide bonds. The van der Waals surface area contributed by atoms with Crippen molar-refractivity contribution in [3.8, 4) is 35.1 Å². The molecule has 1 aromatic heterocycles. The molecule has 0 spiro atoms. The number of hydrogen-bond acceptors (Lipinski definition) is 6. The van der Waals surface area contributed by atoms with Crippen LogP contribution in [-0.4, -0.2) is 26.4 Å². The maximum Gasteiger partial charge on any atom is 0.232 e. The van der Waals surface area contributed by atoms with E-state index < -0.39 is 0 Å². The monoisotopic (exact) mass is 694 g/mol. The van der Waals surface area contributed by atoms with Gasteiger partial charge < -0.3 is 15.5 Å². The number of carbonyl (C=O) groups excluding carboxylic acids is 1. The summed E-state index contributed by atoms with van der Waals surface area (Å²) in [5, 5.41) is 15.2. The number of rotatable bonds is 2. The van der Waals surface area contributed by atoms with Crippen molar-refractivity contribution in [2.75, 3.05) is 0 Å². The zero-order valence-electron chi connectivity index (χ0n) is 28.6. The van der Waals surface area contributed by atoms with Crippen LogP contribution in [0.3, 0.4) is 0 Å². The van der Waals surface area contributed by atoms with Gasteiger partial charge in [0.05, 0.1) is 0 Å². The lowest BCUT2D eigenvalue weighted by Crippen LogP contribution is -2.13. The lowest BCUT2D eigenvalue weighted by atomic mass is 9.97. The van der Waals surface area contributed by atoms with Gasteiger partial charge in [-0.15, -0.1) is 0 Å². The fourth-order valence-corrected chi connectivity index (χ4v) is 3.49. The molecule has 3 N–H and O–H groups in total. The average molecular weight is 695 g/mol. The van der Waals surface area contributed by atoms with Gasteiger partial charge in [0, 0.05) is 44.2 Å². The number of aromatic nitrogens is 2. The van der Waals surface area contributed by atoms with Crippen molar-refractivity contribution in [3.63, 3.8) is 0 Å². The number of amidine groups is 1. The number of oxime groups is 1. The summed E-state index contributed by atoms with van der Waals surface area (Å²) in [5.74, 6) is 12.6. The summed E-state index contributed by atoms with van der Waals surface area (Å²) in [6.45, 7) is 11.4. The molecule has 50 heavy (non-hydrogen) atoms. The molecule has 256 valence electrons. The summed E-state index contributed by atoms with van der Waals surface area (Å²) in [7, 11) is 0. The van der Waals surface area contributed by atoms with E-state index in [1.54, 1.807) is 69.3 Å². The molecule has 0 fully saturated rings. The predicted molar refractivity (Wildman–Crippen MR) is 192 cm³/mol. The van der Waals surface area contributed by atoms with Gasteiger partial charge in [0.2, 0.25) is 17.0 Å². The fourth-order valence-electron chi connectivity index (χ4n) is 3.49. The number of nitrogens with zero attached hydrogens (tertiary/aromatic N) is 3. The third-order valence-corrected chi connectivity index (χ3v) is 7.05. The van der Waals surface area contributed by atoms with Crippen LogP contribution in [0.4, 0.5) is 8.78 Å². The molecule has 1 heterocycles. The summed E-state index contributed by atoms with van der Waals surface area (Å²) in [6.07, 6.45) is 0. The van der Waals surface area contributed by atoms with Gasteiger partial charge in [-0.3, -0.25) is 4.79 Å². The average Bonchev–Trinajstić information content (AvgIpc) is 3.60. The Morgan fingerprint density at radius 2 is 1.08 bits per heavy atom. The molecule has 4 aromatic carbocycles. The van der Waals surface area contributed by atoms with Gasteiger partial charge >= 0.3 is 0 Å². The molecule has 0 bridgehead atoms. The molecule has 7 nitrogen and oxygen atoms in total. The quantitative estimate of drug-likeness (QED) is 0.0477. The van der Waals surface area contributed by atoms with Crippen molar-refractivity contribution in [2.24, 2.45) is 16.3 Å². The van der Waals surface area contributed by atoms with E-state index in [1.165, 1.54) is 24.3 Å². The minimum Gasteiger partial charge on any atom is -0.409 e. The van der Waals surface area contributed by atoms with E-state index in [0.29, 0.717) is 17.3 Å². The van der Waals surface area contributed by atoms with E-state index in [2.05, 4.69) is 39.0 Å². The Kier molecular flexibility index (Phi) is 13.6. The maximum absolute atomic E-state index is 12.9. The largest absolute Gasteiger partial charge is 0.409 e. The van der Waals surface area contributed by atoms with Gasteiger partial charge in [0.25, 0.3) is 0 Å². The van der Waals surface area contributed by atoms with E-state index in [1.807, 2.05) is 45.0 Å². The minimum atomic E-state index is -0.373. The smallest absolute Gasteiger partial charge is 0.232 e. The van der Waals surface area contributed by atoms with Gasteiger partial charge in [0.1, 0.15) is 11.6 Å². The van der Waals surface area contributed by atoms with Crippen molar-refractivity contribution in [1.82, 2.24) is 10.1 Å². The van der Waals surface area contributed by atoms with Crippen LogP contribution in [0.15, 0.2) is 107 Å². The van der Waals surface area contributed by atoms with E-state index >= 15 is 0 Å². The molecule has 0 saturated heterocycles. The van der Waals surface area contributed by atoms with Crippen molar-refractivity contribution in [1.29, 1.82) is 0 Å². The zero-order chi connectivity index (χ0) is 36.9. The van der Waals surface area contributed by atoms with E-state index in [-0.39, 0.29) is 33.5 Å². The highest BCUT2D eigenvalue weighted by atomic mass is 35.5. The number of hydrogen-bond donors (Lipinski definition) is 2. The first-order chi connectivity index (χ1) is 23.5. The normalized spacial score (nSPS) is 10.9. The second-order valence-electron chi connectivity index (χ2n) is 12.9. The predicted octanol–water partition coefficient (Wildman–Crippen LogP) is 8.69. The van der Waals surface area contributed by atoms with Gasteiger partial charge in [-0.25, -0.2) is 8.78 Å². The summed E-state index contributed by atoms with van der Waals surface area (Å²) in [6, 6.07) is 26.7. The van der Waals surface area contributed by atoms with E-state index in [4.69, 9.17) is 27.1 Å². The Morgan fingerprint density at radius 1 is 0.720 bits per heavy atom. The summed E-state index contributed by atoms with van der Waals surface area (Å²) >= 11 is 5.11. The minimum absolute atomic E-state index is 0.0537. The van der Waals surface area contributed by atoms with Crippen LogP contribution in [-0.2, 0) is 10.2 Å². The Bertz CT molecular complexity index is 2020. The molecule has 0 saturated carbocycles. The lowest BCUT2D eigenvalue weighted by molar-refractivity contribution is -0.118. The van der Waals surface area contributed by atoms with Crippen LogP contribution < -0.4 is 5.73 Å². The van der Waals surface area contributed by atoms with Crippen molar-refractivity contribution in [3.05, 3.63) is 142 Å². The van der Waals surface area contributed by atoms with Gasteiger partial charge in [0.15, 0.2) is 5.84 Å². The number of halogens is 3. The molecule has 0 aliphatic heterocycles. The molecule has 5 aromatic rings. The Hall–Kier alpha value is -5.77. The van der Waals surface area contributed by atoms with Crippen LogP contribution in [0.5, 0.6) is 0 Å². The molecule has 0 radical (unpaired) electrons. The number of carbonyl (C=O) groups is 1. The highest BCUT2D eigenvalue weighted by Gasteiger charge is 2.22. The van der Waals surface area contributed by atoms with Crippen LogP contribution in [0.25, 0.3) is 11.4 Å². The standard InChI is InChI=1S/C20H17FN2O.C15H11FN2O.C5H9ClO/c1-20(2,3)19-22-18(23-24-19)16-10-6-14(7-11-16)4-5-15-8-12-17(21)13-9-15;16-14-9-5-12(6-10-14)2-1-11-3-7-13(8-4-11)15(17)18-19;1-5(2,3)4(6)7/h6-13H,1-3H3;3-10,19H,(H2,17,18);1-3H3. The van der Waals surface area contributed by atoms with Crippen LogP contribution >= 0.6 is 11.6 Å². The highest BCUT2D eigenvalue weighted by molar-refractivity contribution is 6.64. The SMILES string of the molecule is CC(C)(C)C(=O)Cl.CC(C)(C)c1nc(-c2ccc(C#Cc3ccc(F)cc3)cc2)no1.N/C(=N\O)c1ccc(C#Cc2ccc(F)cc2)cc1. The van der Waals surface area contributed by atoms with Gasteiger partial charge in [-0.1, -0.05) is 75.5 Å². The summed E-state index contributed by atoms with van der Waals surface area (Å²) in [4.78, 5) is 14.7. The van der Waals surface area contributed by atoms with Crippen molar-refractivity contribution in [2.45, 2.75) is 47.0 Å². The third kappa shape index (κ3) is 12.7. The summed E-state index contributed by atoms with van der Waals surface area (Å²) < 4.78 is 30.9. The number of nitrogens with two attached hydrogens (primary N) is 1. The van der Waals surface area contributed by atoms with Crippen LogP contribution in [0.2, 0.25) is 0 Å². The first-order valence-electron chi connectivity index (χ1n) is 15.3. The molecular formula is C40H37ClF2N4O3.